The van der Waals surface area contributed by atoms with E-state index in [0.29, 0.717) is 36.5 Å². The number of anilines is 2. The van der Waals surface area contributed by atoms with Crippen LogP contribution in [-0.2, 0) is 25.0 Å². The maximum atomic E-state index is 14.1. The summed E-state index contributed by atoms with van der Waals surface area (Å²) in [6, 6.07) is 4.81. The number of ketones is 3. The van der Waals surface area contributed by atoms with E-state index >= 15 is 0 Å². The Hall–Kier alpha value is -4.32. The Morgan fingerprint density at radius 2 is 1.85 bits per heavy atom. The number of nitrogens with zero attached hydrogens (tertiary/aromatic N) is 1. The number of carbonyl (C=O) groups is 3. The number of hydrogen-bond acceptors (Lipinski definition) is 10. The highest BCUT2D eigenvalue weighted by atomic mass is 32.2. The van der Waals surface area contributed by atoms with E-state index in [9.17, 15) is 33.0 Å². The second-order valence-corrected chi connectivity index (χ2v) is 12.5. The first-order valence-electron chi connectivity index (χ1n) is 13.0. The van der Waals surface area contributed by atoms with E-state index in [-0.39, 0.29) is 45.2 Å². The second kappa shape index (κ2) is 9.65. The van der Waals surface area contributed by atoms with E-state index in [4.69, 9.17) is 9.47 Å². The smallest absolute Gasteiger partial charge is 0.235 e. The third-order valence-corrected chi connectivity index (χ3v) is 9.74. The Morgan fingerprint density at radius 1 is 1.15 bits per heavy atom. The largest absolute Gasteiger partial charge is 0.507 e. The quantitative estimate of drug-likeness (QED) is 0.270. The number of phenolic OH excluding ortho intramolecular Hbond substituents is 2. The number of nitrogens with one attached hydrogen (secondary N) is 1. The first kappa shape index (κ1) is 28.2. The third-order valence-electron chi connectivity index (χ3n) is 7.89. The summed E-state index contributed by atoms with van der Waals surface area (Å²) >= 11 is 0. The predicted molar refractivity (Wildman–Crippen MR) is 150 cm³/mol. The minimum atomic E-state index is -3.54. The van der Waals surface area contributed by atoms with E-state index < -0.39 is 44.3 Å². The molecule has 12 heteroatoms. The highest BCUT2D eigenvalue weighted by molar-refractivity contribution is 7.92. The average molecular weight is 583 g/mol. The van der Waals surface area contributed by atoms with Crippen molar-refractivity contribution < 1.29 is 42.5 Å². The molecule has 2 aliphatic heterocycles. The van der Waals surface area contributed by atoms with Gasteiger partial charge in [0.15, 0.2) is 17.3 Å². The monoisotopic (exact) mass is 582 g/mol. The molecule has 2 heterocycles. The van der Waals surface area contributed by atoms with E-state index in [1.165, 1.54) is 39.1 Å². The maximum Gasteiger partial charge on any atom is 0.235 e. The lowest BCUT2D eigenvalue weighted by Gasteiger charge is -2.30. The molecule has 1 atom stereocenters. The van der Waals surface area contributed by atoms with Crippen molar-refractivity contribution in [3.8, 4) is 23.0 Å². The van der Waals surface area contributed by atoms with Gasteiger partial charge >= 0.3 is 0 Å². The summed E-state index contributed by atoms with van der Waals surface area (Å²) in [7, 11) is -2.10. The van der Waals surface area contributed by atoms with Gasteiger partial charge in [-0.1, -0.05) is 0 Å². The maximum absolute atomic E-state index is 14.1. The van der Waals surface area contributed by atoms with Crippen molar-refractivity contribution in [2.75, 3.05) is 29.0 Å². The van der Waals surface area contributed by atoms with Crippen molar-refractivity contribution in [1.29, 1.82) is 0 Å². The molecule has 1 aliphatic carbocycles. The summed E-state index contributed by atoms with van der Waals surface area (Å²) in [5.74, 6) is -2.60. The number of rotatable bonds is 5. The van der Waals surface area contributed by atoms with Gasteiger partial charge in [0.05, 0.1) is 29.7 Å². The molecule has 216 valence electrons. The summed E-state index contributed by atoms with van der Waals surface area (Å²) in [6.45, 7) is 5.95. The van der Waals surface area contributed by atoms with Gasteiger partial charge in [-0.3, -0.25) is 18.7 Å². The summed E-state index contributed by atoms with van der Waals surface area (Å²) in [5, 5.41) is 24.6. The van der Waals surface area contributed by atoms with Crippen LogP contribution in [0.15, 0.2) is 41.3 Å². The fourth-order valence-corrected chi connectivity index (χ4v) is 7.30. The van der Waals surface area contributed by atoms with Crippen LogP contribution in [0, 0.1) is 6.92 Å². The molecule has 0 spiro atoms. The van der Waals surface area contributed by atoms with Crippen LogP contribution >= 0.6 is 0 Å². The molecular formula is C29H30N2O9S. The number of benzene rings is 2. The lowest BCUT2D eigenvalue weighted by Crippen LogP contribution is -2.40. The molecule has 11 nitrogen and oxygen atoms in total. The van der Waals surface area contributed by atoms with E-state index in [1.54, 1.807) is 18.2 Å². The van der Waals surface area contributed by atoms with E-state index in [0.717, 1.165) is 6.08 Å². The number of Topliss-reactive ketones (excluding diaryl/α,β-unsaturated/α-hetero) is 2. The molecular weight excluding hydrogens is 552 g/mol. The Labute approximate surface area is 237 Å². The summed E-state index contributed by atoms with van der Waals surface area (Å²) in [4.78, 5) is 39.7. The fourth-order valence-electron chi connectivity index (χ4n) is 5.66. The molecule has 3 aliphatic rings. The van der Waals surface area contributed by atoms with Crippen molar-refractivity contribution in [3.05, 3.63) is 58.0 Å². The van der Waals surface area contributed by atoms with Gasteiger partial charge < -0.3 is 25.0 Å². The average Bonchev–Trinajstić information content (AvgIpc) is 3.19. The molecule has 0 aromatic heterocycles. The molecule has 1 saturated heterocycles. The number of sulfonamides is 1. The van der Waals surface area contributed by atoms with Crippen LogP contribution in [0.3, 0.4) is 0 Å². The van der Waals surface area contributed by atoms with Crippen molar-refractivity contribution in [2.45, 2.75) is 46.0 Å². The Bertz CT molecular complexity index is 1720. The zero-order valence-electron chi connectivity index (χ0n) is 23.2. The molecule has 0 unspecified atom stereocenters. The molecule has 0 amide bonds. The van der Waals surface area contributed by atoms with Crippen LogP contribution in [-0.4, -0.2) is 55.4 Å². The first-order valence-corrected chi connectivity index (χ1v) is 14.6. The second-order valence-electron chi connectivity index (χ2n) is 10.5. The van der Waals surface area contributed by atoms with Crippen molar-refractivity contribution in [2.24, 2.45) is 0 Å². The van der Waals surface area contributed by atoms with Crippen molar-refractivity contribution >= 4 is 38.7 Å². The zero-order chi connectivity index (χ0) is 30.0. The first-order chi connectivity index (χ1) is 19.2. The van der Waals surface area contributed by atoms with Gasteiger partial charge in [-0.05, 0) is 58.7 Å². The SMILES string of the molecule is COc1ccc(N/C(C)=C2\C(=O)C=C3Oc4c(C(C)=O)c(O)c(C)c(O)c4[C@@]3(C)C2=O)cc1N1CCCCS1(=O)=O. The van der Waals surface area contributed by atoms with Crippen LogP contribution in [0.1, 0.15) is 55.1 Å². The van der Waals surface area contributed by atoms with E-state index in [2.05, 4.69) is 5.32 Å². The molecule has 0 radical (unpaired) electrons. The third kappa shape index (κ3) is 4.16. The van der Waals surface area contributed by atoms with Crippen LogP contribution in [0.4, 0.5) is 11.4 Å². The number of fused-ring (bicyclic) bond motifs is 3. The van der Waals surface area contributed by atoms with Crippen LogP contribution < -0.4 is 19.1 Å². The zero-order valence-corrected chi connectivity index (χ0v) is 24.1. The Kier molecular flexibility index (Phi) is 6.64. The van der Waals surface area contributed by atoms with Crippen LogP contribution in [0.2, 0.25) is 0 Å². The standard InChI is InChI=1S/C29H30N2O9S/c1-14-25(34)23(16(3)32)27-24(26(14)35)29(4)21(40-27)13-19(33)22(28(29)36)15(2)30-17-8-9-20(39-5)18(12-17)31-10-6-7-11-41(31,37)38/h8-9,12-13,30,34-35H,6-7,10-11H2,1-5H3/b22-15+/t29-/m0/s1. The molecule has 1 fully saturated rings. The van der Waals surface area contributed by atoms with Gasteiger partial charge in [-0.25, -0.2) is 8.42 Å². The van der Waals surface area contributed by atoms with Gasteiger partial charge in [-0.2, -0.15) is 0 Å². The minimum absolute atomic E-state index is 0.00327. The number of allylic oxidation sites excluding steroid dienone is 4. The lowest BCUT2D eigenvalue weighted by molar-refractivity contribution is -0.123. The molecule has 5 rings (SSSR count). The number of hydrogen-bond donors (Lipinski definition) is 3. The van der Waals surface area contributed by atoms with Crippen LogP contribution in [0.25, 0.3) is 0 Å². The summed E-state index contributed by atoms with van der Waals surface area (Å²) in [5.41, 5.74) is -1.11. The highest BCUT2D eigenvalue weighted by Crippen LogP contribution is 2.57. The molecule has 2 aromatic carbocycles. The normalized spacial score (nSPS) is 22.4. The molecule has 2 aromatic rings. The number of phenols is 2. The van der Waals surface area contributed by atoms with Gasteiger partial charge in [0, 0.05) is 29.6 Å². The molecule has 0 bridgehead atoms. The van der Waals surface area contributed by atoms with Crippen molar-refractivity contribution in [1.82, 2.24) is 0 Å². The Morgan fingerprint density at radius 3 is 2.49 bits per heavy atom. The van der Waals surface area contributed by atoms with Gasteiger partial charge in [0.1, 0.15) is 39.7 Å². The lowest BCUT2D eigenvalue weighted by atomic mass is 9.70. The number of methoxy groups -OCH3 is 1. The Balaban J connectivity index is 1.60. The summed E-state index contributed by atoms with van der Waals surface area (Å²) in [6.07, 6.45) is 2.40. The molecule has 0 saturated carbocycles. The fraction of sp³-hybridized carbons (Fsp3) is 0.345. The van der Waals surface area contributed by atoms with Crippen LogP contribution in [0.5, 0.6) is 23.0 Å². The number of ether oxygens (including phenoxy) is 2. The molecule has 3 N–H and O–H groups in total. The van der Waals surface area contributed by atoms with Crippen molar-refractivity contribution in [3.63, 3.8) is 0 Å². The van der Waals surface area contributed by atoms with Gasteiger partial charge in [0.2, 0.25) is 10.0 Å². The number of carbonyl (C=O) groups excluding carboxylic acids is 3. The number of aromatic hydroxyl groups is 2. The predicted octanol–water partition coefficient (Wildman–Crippen LogP) is 3.62. The molecule has 41 heavy (non-hydrogen) atoms. The van der Waals surface area contributed by atoms with Gasteiger partial charge in [-0.15, -0.1) is 0 Å². The minimum Gasteiger partial charge on any atom is -0.507 e. The highest BCUT2D eigenvalue weighted by Gasteiger charge is 2.56. The van der Waals surface area contributed by atoms with Gasteiger partial charge in [0.25, 0.3) is 0 Å². The van der Waals surface area contributed by atoms with E-state index in [1.807, 2.05) is 0 Å². The summed E-state index contributed by atoms with van der Waals surface area (Å²) < 4.78 is 38.1. The topological polar surface area (TPSA) is 160 Å².